The van der Waals surface area contributed by atoms with E-state index >= 15 is 0 Å². The molecule has 1 atom stereocenters. The first-order chi connectivity index (χ1) is 9.50. The summed E-state index contributed by atoms with van der Waals surface area (Å²) in [6.45, 7) is 0. The van der Waals surface area contributed by atoms with Crippen LogP contribution in [0.5, 0.6) is 0 Å². The predicted molar refractivity (Wildman–Crippen MR) is 69.7 cm³/mol. The molecule has 1 heterocycles. The van der Waals surface area contributed by atoms with Gasteiger partial charge in [-0.3, -0.25) is 4.99 Å². The maximum atomic E-state index is 13.4. The number of halogens is 8. The van der Waals surface area contributed by atoms with Crippen LogP contribution >= 0.6 is 27.5 Å². The highest BCUT2D eigenvalue weighted by molar-refractivity contribution is 9.11. The van der Waals surface area contributed by atoms with Crippen LogP contribution in [0.1, 0.15) is 5.56 Å². The summed E-state index contributed by atoms with van der Waals surface area (Å²) < 4.78 is 77.5. The molecule has 0 amide bonds. The first-order valence-electron chi connectivity index (χ1n) is 5.35. The van der Waals surface area contributed by atoms with Gasteiger partial charge >= 0.3 is 12.4 Å². The van der Waals surface area contributed by atoms with Crippen molar-refractivity contribution in [2.75, 3.05) is 0 Å². The molecule has 0 bridgehead atoms. The second-order valence-electron chi connectivity index (χ2n) is 4.20. The van der Waals surface area contributed by atoms with Gasteiger partial charge in [0.05, 0.1) is 10.1 Å². The number of hydrogen-bond donors (Lipinski definition) is 0. The van der Waals surface area contributed by atoms with E-state index in [2.05, 4.69) is 20.9 Å². The van der Waals surface area contributed by atoms with E-state index in [1.807, 2.05) is 0 Å². The number of hydrogen-bond acceptors (Lipinski definition) is 1. The Morgan fingerprint density at radius 3 is 1.90 bits per heavy atom. The molecule has 1 aliphatic heterocycles. The summed E-state index contributed by atoms with van der Waals surface area (Å²) in [4.78, 5) is 3.13. The number of nitrogens with zero attached hydrogens (tertiary/aromatic N) is 1. The number of aliphatic imine (C=N–C) groups is 1. The molecule has 21 heavy (non-hydrogen) atoms. The molecule has 0 aliphatic carbocycles. The lowest BCUT2D eigenvalue weighted by Gasteiger charge is -2.30. The van der Waals surface area contributed by atoms with Gasteiger partial charge in [0.1, 0.15) is 0 Å². The van der Waals surface area contributed by atoms with Crippen molar-refractivity contribution in [1.29, 1.82) is 0 Å². The Labute approximate surface area is 128 Å². The summed E-state index contributed by atoms with van der Waals surface area (Å²) in [5, 5.41) is 0.161. The minimum Gasteiger partial charge on any atom is -0.266 e. The topological polar surface area (TPSA) is 12.4 Å². The van der Waals surface area contributed by atoms with Crippen LogP contribution in [0.2, 0.25) is 5.02 Å². The zero-order valence-electron chi connectivity index (χ0n) is 9.86. The largest absolute Gasteiger partial charge is 0.422 e. The van der Waals surface area contributed by atoms with Gasteiger partial charge in [0, 0.05) is 11.2 Å². The molecule has 0 aromatic heterocycles. The van der Waals surface area contributed by atoms with Gasteiger partial charge in [-0.05, 0) is 17.7 Å². The monoisotopic (exact) mass is 391 g/mol. The Bertz CT molecular complexity index is 616. The zero-order valence-corrected chi connectivity index (χ0v) is 12.2. The average molecular weight is 393 g/mol. The highest BCUT2D eigenvalue weighted by atomic mass is 79.9. The van der Waals surface area contributed by atoms with Crippen molar-refractivity contribution in [2.24, 2.45) is 4.99 Å². The second-order valence-corrected chi connectivity index (χ2v) is 5.43. The molecule has 2 rings (SSSR count). The van der Waals surface area contributed by atoms with E-state index in [1.165, 1.54) is 0 Å². The molecule has 0 N–H and O–H groups in total. The van der Waals surface area contributed by atoms with E-state index < -0.39 is 33.5 Å². The van der Waals surface area contributed by atoms with E-state index in [0.717, 1.165) is 24.3 Å². The fourth-order valence-electron chi connectivity index (χ4n) is 1.92. The van der Waals surface area contributed by atoms with Gasteiger partial charge in [0.2, 0.25) is 5.54 Å². The quantitative estimate of drug-likeness (QED) is 0.568. The van der Waals surface area contributed by atoms with Crippen LogP contribution in [-0.4, -0.2) is 18.6 Å². The fraction of sp³-hybridized carbons (Fsp3) is 0.250. The van der Waals surface area contributed by atoms with Gasteiger partial charge in [-0.15, -0.1) is 0 Å². The molecule has 1 nitrogen and oxygen atoms in total. The number of benzene rings is 1. The van der Waals surface area contributed by atoms with Crippen LogP contribution in [-0.2, 0) is 5.54 Å². The minimum absolute atomic E-state index is 0.161. The van der Waals surface area contributed by atoms with Crippen molar-refractivity contribution >= 4 is 33.7 Å². The third-order valence-electron chi connectivity index (χ3n) is 2.92. The second kappa shape index (κ2) is 5.01. The summed E-state index contributed by atoms with van der Waals surface area (Å²) in [5.41, 5.74) is -5.03. The lowest BCUT2D eigenvalue weighted by atomic mass is 9.89. The molecular formula is C12H5BrClF6N. The molecule has 114 valence electrons. The lowest BCUT2D eigenvalue weighted by Crippen LogP contribution is -2.40. The van der Waals surface area contributed by atoms with Crippen LogP contribution in [0.4, 0.5) is 26.3 Å². The highest BCUT2D eigenvalue weighted by Gasteiger charge is 2.62. The van der Waals surface area contributed by atoms with Crippen molar-refractivity contribution in [3.05, 3.63) is 44.9 Å². The summed E-state index contributed by atoms with van der Waals surface area (Å²) in [5.74, 6) is 0. The van der Waals surface area contributed by atoms with Crippen LogP contribution in [0.15, 0.2) is 39.3 Å². The Morgan fingerprint density at radius 2 is 1.52 bits per heavy atom. The van der Waals surface area contributed by atoms with Crippen molar-refractivity contribution in [1.82, 2.24) is 0 Å². The fourth-order valence-corrected chi connectivity index (χ4v) is 2.93. The number of allylic oxidation sites excluding steroid dienone is 1. The van der Waals surface area contributed by atoms with Gasteiger partial charge in [-0.1, -0.05) is 39.7 Å². The SMILES string of the molecule is FC(F)(F)C1=C(Br)C(c2ccc(Cl)cc2)(C(F)(F)F)N=C1. The minimum atomic E-state index is -5.05. The van der Waals surface area contributed by atoms with E-state index in [4.69, 9.17) is 11.6 Å². The molecular weight excluding hydrogens is 387 g/mol. The maximum Gasteiger partial charge on any atom is 0.422 e. The van der Waals surface area contributed by atoms with E-state index in [9.17, 15) is 26.3 Å². The smallest absolute Gasteiger partial charge is 0.266 e. The standard InChI is InChI=1S/C12H5BrClF6N/c13-9-8(11(15,16)17)5-21-10(9,12(18,19)20)6-1-3-7(14)4-2-6/h1-5H. The molecule has 0 saturated carbocycles. The maximum absolute atomic E-state index is 13.4. The van der Waals surface area contributed by atoms with Gasteiger partial charge in [-0.25, -0.2) is 0 Å². The van der Waals surface area contributed by atoms with Gasteiger partial charge in [0.15, 0.2) is 0 Å². The number of alkyl halides is 6. The molecule has 0 spiro atoms. The molecule has 1 aromatic rings. The van der Waals surface area contributed by atoms with Crippen LogP contribution in [0.3, 0.4) is 0 Å². The van der Waals surface area contributed by atoms with Crippen molar-refractivity contribution in [3.63, 3.8) is 0 Å². The van der Waals surface area contributed by atoms with Crippen LogP contribution in [0, 0.1) is 0 Å². The Morgan fingerprint density at radius 1 is 1.00 bits per heavy atom. The van der Waals surface area contributed by atoms with E-state index in [0.29, 0.717) is 0 Å². The Kier molecular flexibility index (Phi) is 3.90. The van der Waals surface area contributed by atoms with Gasteiger partial charge < -0.3 is 0 Å². The highest BCUT2D eigenvalue weighted by Crippen LogP contribution is 2.55. The summed E-state index contributed by atoms with van der Waals surface area (Å²) in [6.07, 6.45) is -9.81. The lowest BCUT2D eigenvalue weighted by molar-refractivity contribution is -0.174. The molecule has 1 unspecified atom stereocenters. The van der Waals surface area contributed by atoms with Crippen molar-refractivity contribution in [3.8, 4) is 0 Å². The molecule has 0 saturated heterocycles. The summed E-state index contributed by atoms with van der Waals surface area (Å²) >= 11 is 8.03. The molecule has 1 aliphatic rings. The molecule has 0 radical (unpaired) electrons. The van der Waals surface area contributed by atoms with Gasteiger partial charge in [-0.2, -0.15) is 26.3 Å². The van der Waals surface area contributed by atoms with Crippen LogP contribution in [0.25, 0.3) is 0 Å². The van der Waals surface area contributed by atoms with Crippen molar-refractivity contribution in [2.45, 2.75) is 17.9 Å². The van der Waals surface area contributed by atoms with Crippen LogP contribution < -0.4 is 0 Å². The first-order valence-corrected chi connectivity index (χ1v) is 6.52. The molecule has 0 fully saturated rings. The average Bonchev–Trinajstić information content (AvgIpc) is 2.68. The Hall–Kier alpha value is -1.02. The molecule has 9 heteroatoms. The summed E-state index contributed by atoms with van der Waals surface area (Å²) in [6, 6.07) is 4.30. The third-order valence-corrected chi connectivity index (χ3v) is 4.17. The zero-order chi connectivity index (χ0) is 16.1. The molecule has 1 aromatic carbocycles. The third kappa shape index (κ3) is 2.59. The first kappa shape index (κ1) is 16.4. The van der Waals surface area contributed by atoms with Crippen molar-refractivity contribution < 1.29 is 26.3 Å². The normalized spacial score (nSPS) is 23.0. The predicted octanol–water partition coefficient (Wildman–Crippen LogP) is 5.39. The van der Waals surface area contributed by atoms with E-state index in [1.54, 1.807) is 0 Å². The van der Waals surface area contributed by atoms with E-state index in [-0.39, 0.29) is 11.2 Å². The summed E-state index contributed by atoms with van der Waals surface area (Å²) in [7, 11) is 0. The number of rotatable bonds is 1. The van der Waals surface area contributed by atoms with Gasteiger partial charge in [0.25, 0.3) is 0 Å². The Balaban J connectivity index is 2.71.